The van der Waals surface area contributed by atoms with Crippen LogP contribution in [0.1, 0.15) is 19.8 Å². The molecule has 7 nitrogen and oxygen atoms in total. The maximum Gasteiger partial charge on any atom is 0.226 e. The number of aromatic nitrogens is 1. The van der Waals surface area contributed by atoms with Gasteiger partial charge in [0.05, 0.1) is 19.4 Å². The zero-order chi connectivity index (χ0) is 21.3. The number of carbonyl (C=O) groups is 2. The normalized spacial score (nSPS) is 10.3. The summed E-state index contributed by atoms with van der Waals surface area (Å²) >= 11 is 1.37. The molecule has 30 heavy (non-hydrogen) atoms. The summed E-state index contributed by atoms with van der Waals surface area (Å²) < 4.78 is 10.7. The highest BCUT2D eigenvalue weighted by Gasteiger charge is 2.09. The minimum absolute atomic E-state index is 0.102. The molecule has 1 aromatic heterocycles. The minimum atomic E-state index is -0.115. The zero-order valence-electron chi connectivity index (χ0n) is 16.8. The number of nitrogens with one attached hydrogen (secondary N) is 2. The van der Waals surface area contributed by atoms with Crippen molar-refractivity contribution < 1.29 is 19.1 Å². The van der Waals surface area contributed by atoms with Gasteiger partial charge in [0.25, 0.3) is 0 Å². The van der Waals surface area contributed by atoms with Gasteiger partial charge in [-0.25, -0.2) is 4.98 Å². The molecule has 0 atom stereocenters. The third-order valence-electron chi connectivity index (χ3n) is 4.13. The second-order valence-electron chi connectivity index (χ2n) is 6.47. The fourth-order valence-corrected chi connectivity index (χ4v) is 3.40. The molecule has 3 aromatic rings. The van der Waals surface area contributed by atoms with Gasteiger partial charge in [0.2, 0.25) is 11.8 Å². The maximum atomic E-state index is 12.1. The highest BCUT2D eigenvalue weighted by Crippen LogP contribution is 2.26. The molecule has 8 heteroatoms. The first-order valence-corrected chi connectivity index (χ1v) is 10.3. The molecule has 0 bridgehead atoms. The molecule has 0 saturated carbocycles. The predicted molar refractivity (Wildman–Crippen MR) is 118 cm³/mol. The molecule has 0 radical (unpaired) electrons. The highest BCUT2D eigenvalue weighted by molar-refractivity contribution is 7.14. The van der Waals surface area contributed by atoms with Crippen LogP contribution in [0.15, 0.2) is 53.9 Å². The number of carbonyl (C=O) groups excluding carboxylic acids is 2. The number of benzene rings is 2. The van der Waals surface area contributed by atoms with Crippen molar-refractivity contribution in [3.8, 4) is 22.8 Å². The van der Waals surface area contributed by atoms with Crippen molar-refractivity contribution in [2.45, 2.75) is 19.8 Å². The van der Waals surface area contributed by atoms with Crippen molar-refractivity contribution >= 4 is 34.0 Å². The number of nitrogens with zero attached hydrogens (tertiary/aromatic N) is 1. The molecule has 0 fully saturated rings. The summed E-state index contributed by atoms with van der Waals surface area (Å²) in [5.74, 6) is 1.30. The number of ether oxygens (including phenoxy) is 2. The first-order chi connectivity index (χ1) is 14.5. The first kappa shape index (κ1) is 21.3. The lowest BCUT2D eigenvalue weighted by Crippen LogP contribution is -2.12. The van der Waals surface area contributed by atoms with Crippen LogP contribution in [0.25, 0.3) is 11.3 Å². The highest BCUT2D eigenvalue weighted by atomic mass is 32.1. The third-order valence-corrected chi connectivity index (χ3v) is 4.89. The zero-order valence-corrected chi connectivity index (χ0v) is 17.6. The van der Waals surface area contributed by atoms with Gasteiger partial charge >= 0.3 is 0 Å². The first-order valence-electron chi connectivity index (χ1n) is 9.44. The fourth-order valence-electron chi connectivity index (χ4n) is 2.67. The van der Waals surface area contributed by atoms with E-state index in [1.807, 2.05) is 53.9 Å². The molecule has 2 N–H and O–H groups in total. The van der Waals surface area contributed by atoms with E-state index in [-0.39, 0.29) is 11.8 Å². The minimum Gasteiger partial charge on any atom is -0.497 e. The van der Waals surface area contributed by atoms with E-state index < -0.39 is 0 Å². The number of hydrogen-bond donors (Lipinski definition) is 2. The van der Waals surface area contributed by atoms with E-state index >= 15 is 0 Å². The summed E-state index contributed by atoms with van der Waals surface area (Å²) in [6.07, 6.45) is 0.942. The van der Waals surface area contributed by atoms with Gasteiger partial charge < -0.3 is 20.1 Å². The molecule has 0 unspecified atom stereocenters. The van der Waals surface area contributed by atoms with Crippen molar-refractivity contribution in [3.05, 3.63) is 53.9 Å². The van der Waals surface area contributed by atoms with Crippen molar-refractivity contribution in [2.75, 3.05) is 24.4 Å². The van der Waals surface area contributed by atoms with E-state index in [9.17, 15) is 9.59 Å². The Morgan fingerprint density at radius 3 is 2.37 bits per heavy atom. The van der Waals surface area contributed by atoms with Crippen molar-refractivity contribution in [1.82, 2.24) is 4.98 Å². The monoisotopic (exact) mass is 425 g/mol. The number of hydrogen-bond acceptors (Lipinski definition) is 6. The number of amides is 2. The number of methoxy groups -OCH3 is 1. The van der Waals surface area contributed by atoms with Crippen LogP contribution >= 0.6 is 11.3 Å². The van der Waals surface area contributed by atoms with E-state index in [4.69, 9.17) is 9.47 Å². The molecule has 3 rings (SSSR count). The lowest BCUT2D eigenvalue weighted by molar-refractivity contribution is -0.116. The Hall–Kier alpha value is -3.39. The van der Waals surface area contributed by atoms with E-state index in [0.717, 1.165) is 28.4 Å². The molecule has 0 aliphatic carbocycles. The Balaban J connectivity index is 1.43. The summed E-state index contributed by atoms with van der Waals surface area (Å²) in [6.45, 7) is 1.91. The van der Waals surface area contributed by atoms with Crippen LogP contribution in [-0.4, -0.2) is 30.5 Å². The Labute approximate surface area is 179 Å². The van der Waals surface area contributed by atoms with E-state index in [1.54, 1.807) is 7.11 Å². The van der Waals surface area contributed by atoms with Crippen LogP contribution in [-0.2, 0) is 9.59 Å². The molecule has 2 amide bonds. The lowest BCUT2D eigenvalue weighted by atomic mass is 10.1. The van der Waals surface area contributed by atoms with Gasteiger partial charge in [-0.15, -0.1) is 11.3 Å². The predicted octanol–water partition coefficient (Wildman–Crippen LogP) is 4.57. The lowest BCUT2D eigenvalue weighted by Gasteiger charge is -2.07. The molecule has 156 valence electrons. The average Bonchev–Trinajstić information content (AvgIpc) is 3.20. The number of thiazole rings is 1. The molecule has 1 heterocycles. The largest absolute Gasteiger partial charge is 0.497 e. The quantitative estimate of drug-likeness (QED) is 0.490. The molecule has 0 aliphatic heterocycles. The van der Waals surface area contributed by atoms with Gasteiger partial charge in [0.1, 0.15) is 11.5 Å². The van der Waals surface area contributed by atoms with Crippen LogP contribution in [0.4, 0.5) is 10.8 Å². The summed E-state index contributed by atoms with van der Waals surface area (Å²) in [7, 11) is 1.61. The van der Waals surface area contributed by atoms with E-state index in [0.29, 0.717) is 24.6 Å². The summed E-state index contributed by atoms with van der Waals surface area (Å²) in [6, 6.07) is 14.7. The van der Waals surface area contributed by atoms with Gasteiger partial charge in [0.15, 0.2) is 5.13 Å². The van der Waals surface area contributed by atoms with Gasteiger partial charge in [-0.1, -0.05) is 12.1 Å². The second-order valence-corrected chi connectivity index (χ2v) is 7.33. The smallest absolute Gasteiger partial charge is 0.226 e. The third kappa shape index (κ3) is 6.31. The van der Waals surface area contributed by atoms with Crippen LogP contribution in [0.5, 0.6) is 11.5 Å². The molecule has 2 aromatic carbocycles. The molecule has 0 spiro atoms. The molecular formula is C22H23N3O4S. The molecular weight excluding hydrogens is 402 g/mol. The van der Waals surface area contributed by atoms with E-state index in [2.05, 4.69) is 15.6 Å². The standard InChI is InChI=1S/C22H23N3O4S/c1-15(26)23-17-7-5-16(6-8-17)20-14-30-22(24-20)25-21(27)4-3-13-29-19-11-9-18(28-2)10-12-19/h5-12,14H,3-4,13H2,1-2H3,(H,23,26)(H,24,25,27). The summed E-state index contributed by atoms with van der Waals surface area (Å²) in [5.41, 5.74) is 2.41. The van der Waals surface area contributed by atoms with Gasteiger partial charge in [-0.3, -0.25) is 9.59 Å². The molecule has 0 aliphatic rings. The Kier molecular flexibility index (Phi) is 7.40. The van der Waals surface area contributed by atoms with Crippen molar-refractivity contribution in [1.29, 1.82) is 0 Å². The van der Waals surface area contributed by atoms with Crippen LogP contribution in [0, 0.1) is 0 Å². The van der Waals surface area contributed by atoms with Crippen LogP contribution < -0.4 is 20.1 Å². The number of rotatable bonds is 9. The topological polar surface area (TPSA) is 89.6 Å². The van der Waals surface area contributed by atoms with Gasteiger partial charge in [-0.05, 0) is 42.8 Å². The maximum absolute atomic E-state index is 12.1. The van der Waals surface area contributed by atoms with Crippen molar-refractivity contribution in [3.63, 3.8) is 0 Å². The Morgan fingerprint density at radius 2 is 1.70 bits per heavy atom. The van der Waals surface area contributed by atoms with Crippen LogP contribution in [0.2, 0.25) is 0 Å². The molecule has 0 saturated heterocycles. The van der Waals surface area contributed by atoms with Crippen molar-refractivity contribution in [2.24, 2.45) is 0 Å². The van der Waals surface area contributed by atoms with E-state index in [1.165, 1.54) is 18.3 Å². The Bertz CT molecular complexity index is 984. The Morgan fingerprint density at radius 1 is 1.00 bits per heavy atom. The average molecular weight is 426 g/mol. The summed E-state index contributed by atoms with van der Waals surface area (Å²) in [4.78, 5) is 27.7. The summed E-state index contributed by atoms with van der Waals surface area (Å²) in [5, 5.41) is 7.99. The fraction of sp³-hybridized carbons (Fsp3) is 0.227. The van der Waals surface area contributed by atoms with Gasteiger partial charge in [0, 0.05) is 30.0 Å². The van der Waals surface area contributed by atoms with Crippen LogP contribution in [0.3, 0.4) is 0 Å². The number of anilines is 2. The van der Waals surface area contributed by atoms with Gasteiger partial charge in [-0.2, -0.15) is 0 Å². The SMILES string of the molecule is COc1ccc(OCCCC(=O)Nc2nc(-c3ccc(NC(C)=O)cc3)cs2)cc1. The second kappa shape index (κ2) is 10.4.